The SMILES string of the molecule is CCCC(C)(C)OC(=O)c1ccc(C(C)(C)c2ccc(OC(C)(CC)CC)cc2)cc1. The van der Waals surface area contributed by atoms with Crippen molar-refractivity contribution in [2.75, 3.05) is 0 Å². The van der Waals surface area contributed by atoms with Crippen molar-refractivity contribution in [3.63, 3.8) is 0 Å². The third-order valence-electron chi connectivity index (χ3n) is 6.50. The highest BCUT2D eigenvalue weighted by Crippen LogP contribution is 2.34. The molecule has 0 aromatic heterocycles. The van der Waals surface area contributed by atoms with Crippen LogP contribution in [-0.4, -0.2) is 17.2 Å². The van der Waals surface area contributed by atoms with Gasteiger partial charge in [0, 0.05) is 5.41 Å². The van der Waals surface area contributed by atoms with Crippen LogP contribution in [0.5, 0.6) is 5.75 Å². The maximum atomic E-state index is 12.5. The fourth-order valence-electron chi connectivity index (χ4n) is 3.77. The van der Waals surface area contributed by atoms with Gasteiger partial charge in [0.05, 0.1) is 5.56 Å². The molecule has 0 bridgehead atoms. The van der Waals surface area contributed by atoms with Gasteiger partial charge in [-0.3, -0.25) is 0 Å². The Kier molecular flexibility index (Phi) is 7.97. The zero-order chi connectivity index (χ0) is 23.3. The lowest BCUT2D eigenvalue weighted by molar-refractivity contribution is -0.00473. The van der Waals surface area contributed by atoms with Crippen LogP contribution < -0.4 is 4.74 Å². The molecule has 3 heteroatoms. The standard InChI is InChI=1S/C28H40O3/c1-9-20-26(4,5)31-25(29)21-12-14-22(15-13-21)27(6,7)23-16-18-24(19-17-23)30-28(8,10-2)11-3/h12-19H,9-11,20H2,1-8H3. The Morgan fingerprint density at radius 1 is 0.774 bits per heavy atom. The monoisotopic (exact) mass is 424 g/mol. The number of carbonyl (C=O) groups is 1. The Bertz CT molecular complexity index is 841. The second-order valence-corrected chi connectivity index (χ2v) is 9.89. The smallest absolute Gasteiger partial charge is 0.338 e. The Balaban J connectivity index is 2.16. The molecule has 0 amide bonds. The average Bonchev–Trinajstić information content (AvgIpc) is 2.73. The van der Waals surface area contributed by atoms with Crippen molar-refractivity contribution in [2.24, 2.45) is 0 Å². The second kappa shape index (κ2) is 9.89. The Hall–Kier alpha value is -2.29. The van der Waals surface area contributed by atoms with Crippen molar-refractivity contribution in [3.05, 3.63) is 65.2 Å². The molecule has 2 aromatic rings. The molecule has 0 heterocycles. The molecule has 0 atom stereocenters. The van der Waals surface area contributed by atoms with E-state index in [1.54, 1.807) is 0 Å². The van der Waals surface area contributed by atoms with E-state index < -0.39 is 5.60 Å². The minimum atomic E-state index is -0.445. The highest BCUT2D eigenvalue weighted by atomic mass is 16.6. The lowest BCUT2D eigenvalue weighted by Gasteiger charge is -2.30. The number of carbonyl (C=O) groups excluding carboxylic acids is 1. The van der Waals surface area contributed by atoms with Crippen LogP contribution in [-0.2, 0) is 10.2 Å². The summed E-state index contributed by atoms with van der Waals surface area (Å²) < 4.78 is 11.9. The van der Waals surface area contributed by atoms with Gasteiger partial charge in [0.25, 0.3) is 0 Å². The third-order valence-corrected chi connectivity index (χ3v) is 6.50. The van der Waals surface area contributed by atoms with E-state index >= 15 is 0 Å². The number of rotatable bonds is 10. The van der Waals surface area contributed by atoms with Crippen molar-refractivity contribution in [3.8, 4) is 5.75 Å². The molecule has 3 nitrogen and oxygen atoms in total. The predicted molar refractivity (Wildman–Crippen MR) is 129 cm³/mol. The van der Waals surface area contributed by atoms with Gasteiger partial charge in [-0.25, -0.2) is 4.79 Å². The molecular weight excluding hydrogens is 384 g/mol. The predicted octanol–water partition coefficient (Wildman–Crippen LogP) is 7.71. The molecule has 2 aromatic carbocycles. The summed E-state index contributed by atoms with van der Waals surface area (Å²) in [4.78, 5) is 12.5. The van der Waals surface area contributed by atoms with Crippen molar-refractivity contribution >= 4 is 5.97 Å². The van der Waals surface area contributed by atoms with E-state index in [0.717, 1.165) is 37.0 Å². The first-order chi connectivity index (χ1) is 14.5. The summed E-state index contributed by atoms with van der Waals surface area (Å²) in [7, 11) is 0. The molecule has 31 heavy (non-hydrogen) atoms. The van der Waals surface area contributed by atoms with Gasteiger partial charge in [0.1, 0.15) is 17.0 Å². The van der Waals surface area contributed by atoms with Gasteiger partial charge < -0.3 is 9.47 Å². The summed E-state index contributed by atoms with van der Waals surface area (Å²) in [6.07, 6.45) is 3.77. The molecular formula is C28H40O3. The van der Waals surface area contributed by atoms with Gasteiger partial charge in [0.2, 0.25) is 0 Å². The van der Waals surface area contributed by atoms with Crippen LogP contribution in [0.25, 0.3) is 0 Å². The normalized spacial score (nSPS) is 12.5. The summed E-state index contributed by atoms with van der Waals surface area (Å²) >= 11 is 0. The van der Waals surface area contributed by atoms with Crippen LogP contribution in [0.1, 0.15) is 103 Å². The summed E-state index contributed by atoms with van der Waals surface area (Å²) in [5, 5.41) is 0. The van der Waals surface area contributed by atoms with Gasteiger partial charge in [-0.05, 0) is 75.4 Å². The van der Waals surface area contributed by atoms with E-state index in [9.17, 15) is 4.79 Å². The zero-order valence-electron chi connectivity index (χ0n) is 20.7. The van der Waals surface area contributed by atoms with Crippen LogP contribution in [0.4, 0.5) is 0 Å². The topological polar surface area (TPSA) is 35.5 Å². The summed E-state index contributed by atoms with van der Waals surface area (Å²) in [5.74, 6) is 0.637. The van der Waals surface area contributed by atoms with E-state index in [2.05, 4.69) is 65.8 Å². The lowest BCUT2D eigenvalue weighted by atomic mass is 9.78. The molecule has 0 fully saturated rings. The van der Waals surface area contributed by atoms with Gasteiger partial charge >= 0.3 is 5.97 Å². The molecule has 0 unspecified atom stereocenters. The van der Waals surface area contributed by atoms with Crippen molar-refractivity contribution in [2.45, 2.75) is 97.7 Å². The van der Waals surface area contributed by atoms with Gasteiger partial charge in [-0.2, -0.15) is 0 Å². The Morgan fingerprint density at radius 3 is 1.71 bits per heavy atom. The molecule has 2 rings (SSSR count). The largest absolute Gasteiger partial charge is 0.488 e. The van der Waals surface area contributed by atoms with E-state index in [-0.39, 0.29) is 17.0 Å². The van der Waals surface area contributed by atoms with Crippen LogP contribution in [0.2, 0.25) is 0 Å². The minimum absolute atomic E-state index is 0.132. The van der Waals surface area contributed by atoms with Gasteiger partial charge in [-0.15, -0.1) is 0 Å². The van der Waals surface area contributed by atoms with Crippen LogP contribution in [0.15, 0.2) is 48.5 Å². The van der Waals surface area contributed by atoms with E-state index in [0.29, 0.717) is 5.56 Å². The number of benzene rings is 2. The number of esters is 1. The van der Waals surface area contributed by atoms with Gasteiger partial charge in [-0.1, -0.05) is 65.3 Å². The zero-order valence-corrected chi connectivity index (χ0v) is 20.7. The Morgan fingerprint density at radius 2 is 1.26 bits per heavy atom. The molecule has 170 valence electrons. The average molecular weight is 425 g/mol. The second-order valence-electron chi connectivity index (χ2n) is 9.89. The molecule has 0 aliphatic carbocycles. The maximum absolute atomic E-state index is 12.5. The molecule has 0 spiro atoms. The van der Waals surface area contributed by atoms with E-state index in [1.165, 1.54) is 5.56 Å². The molecule has 0 N–H and O–H groups in total. The molecule has 0 saturated carbocycles. The number of ether oxygens (including phenoxy) is 2. The van der Waals surface area contributed by atoms with Crippen LogP contribution in [0.3, 0.4) is 0 Å². The van der Waals surface area contributed by atoms with Crippen molar-refractivity contribution in [1.29, 1.82) is 0 Å². The summed E-state index contributed by atoms with van der Waals surface area (Å²) in [6, 6.07) is 16.2. The summed E-state index contributed by atoms with van der Waals surface area (Å²) in [5.41, 5.74) is 2.17. The van der Waals surface area contributed by atoms with Gasteiger partial charge in [0.15, 0.2) is 0 Å². The molecule has 0 aliphatic heterocycles. The molecule has 0 radical (unpaired) electrons. The van der Waals surface area contributed by atoms with Crippen molar-refractivity contribution < 1.29 is 14.3 Å². The fourth-order valence-corrected chi connectivity index (χ4v) is 3.77. The highest BCUT2D eigenvalue weighted by Gasteiger charge is 2.26. The third kappa shape index (κ3) is 6.35. The lowest BCUT2D eigenvalue weighted by Crippen LogP contribution is -2.30. The van der Waals surface area contributed by atoms with Crippen LogP contribution in [0, 0.1) is 0 Å². The van der Waals surface area contributed by atoms with E-state index in [1.807, 2.05) is 38.1 Å². The first-order valence-electron chi connectivity index (χ1n) is 11.6. The number of hydrogen-bond donors (Lipinski definition) is 0. The highest BCUT2D eigenvalue weighted by molar-refractivity contribution is 5.89. The number of hydrogen-bond acceptors (Lipinski definition) is 3. The Labute approximate surface area is 189 Å². The molecule has 0 aliphatic rings. The van der Waals surface area contributed by atoms with Crippen molar-refractivity contribution in [1.82, 2.24) is 0 Å². The first-order valence-corrected chi connectivity index (χ1v) is 11.6. The first kappa shape index (κ1) is 25.0. The van der Waals surface area contributed by atoms with Crippen LogP contribution >= 0.6 is 0 Å². The minimum Gasteiger partial charge on any atom is -0.488 e. The molecule has 0 saturated heterocycles. The maximum Gasteiger partial charge on any atom is 0.338 e. The van der Waals surface area contributed by atoms with E-state index in [4.69, 9.17) is 9.47 Å². The summed E-state index contributed by atoms with van der Waals surface area (Å²) in [6.45, 7) is 16.9. The quantitative estimate of drug-likeness (QED) is 0.366. The fraction of sp³-hybridized carbons (Fsp3) is 0.536.